The first-order valence-electron chi connectivity index (χ1n) is 5.92. The average molecular weight is 355 g/mol. The van der Waals surface area contributed by atoms with Gasteiger partial charge in [0.25, 0.3) is 0 Å². The smallest absolute Gasteiger partial charge is 0.331 e. The monoisotopic (exact) mass is 354 g/mol. The first-order valence-corrected chi connectivity index (χ1v) is 6.72. The number of rotatable bonds is 3. The molecule has 0 radical (unpaired) electrons. The molecule has 0 aliphatic carbocycles. The van der Waals surface area contributed by atoms with Gasteiger partial charge in [-0.25, -0.2) is 4.79 Å². The molecule has 1 N–H and O–H groups in total. The number of amides is 4. The summed E-state index contributed by atoms with van der Waals surface area (Å²) in [6.07, 6.45) is 0. The fraction of sp³-hybridized carbons (Fsp3) is 0.231. The minimum Gasteiger partial charge on any atom is -0.468 e. The molecule has 8 heteroatoms. The molecule has 1 aliphatic heterocycles. The Kier molecular flexibility index (Phi) is 4.37. The zero-order chi connectivity index (χ0) is 15.6. The molecule has 1 fully saturated rings. The van der Waals surface area contributed by atoms with Crippen LogP contribution in [0.3, 0.4) is 0 Å². The average Bonchev–Trinajstić information content (AvgIpc) is 2.43. The molecule has 0 spiro atoms. The minimum absolute atomic E-state index is 0.425. The number of barbiturate groups is 1. The molecule has 7 nitrogen and oxygen atoms in total. The molecule has 0 aromatic heterocycles. The lowest BCUT2D eigenvalue weighted by Crippen LogP contribution is -2.58. The van der Waals surface area contributed by atoms with E-state index in [0.29, 0.717) is 14.9 Å². The van der Waals surface area contributed by atoms with Gasteiger partial charge in [0, 0.05) is 4.47 Å². The molecule has 1 heterocycles. The Balaban J connectivity index is 2.33. The lowest BCUT2D eigenvalue weighted by molar-refractivity contribution is -0.148. The second-order valence-corrected chi connectivity index (χ2v) is 5.20. The van der Waals surface area contributed by atoms with Gasteiger partial charge in [-0.3, -0.25) is 24.6 Å². The Morgan fingerprint density at radius 3 is 2.71 bits per heavy atom. The topological polar surface area (TPSA) is 92.8 Å². The highest BCUT2D eigenvalue weighted by atomic mass is 79.9. The number of nitrogens with one attached hydrogen (secondary N) is 1. The number of imide groups is 2. The van der Waals surface area contributed by atoms with Crippen LogP contribution in [0.2, 0.25) is 0 Å². The summed E-state index contributed by atoms with van der Waals surface area (Å²) in [5.74, 6) is -3.40. The molecule has 1 atom stereocenters. The number of urea groups is 1. The normalized spacial score (nSPS) is 18.5. The Labute approximate surface area is 128 Å². The van der Waals surface area contributed by atoms with Gasteiger partial charge in [0.05, 0.1) is 7.11 Å². The summed E-state index contributed by atoms with van der Waals surface area (Å²) in [7, 11) is 1.14. The third-order valence-electron chi connectivity index (χ3n) is 2.95. The minimum atomic E-state index is -1.18. The summed E-state index contributed by atoms with van der Waals surface area (Å²) in [5, 5.41) is 2.06. The largest absolute Gasteiger partial charge is 0.468 e. The quantitative estimate of drug-likeness (QED) is 0.639. The Hall–Kier alpha value is -2.22. The van der Waals surface area contributed by atoms with Crippen molar-refractivity contribution in [2.24, 2.45) is 0 Å². The van der Waals surface area contributed by atoms with Crippen LogP contribution in [0.1, 0.15) is 11.5 Å². The van der Waals surface area contributed by atoms with Gasteiger partial charge in [-0.1, -0.05) is 28.1 Å². The van der Waals surface area contributed by atoms with E-state index >= 15 is 0 Å². The van der Waals surface area contributed by atoms with E-state index in [4.69, 9.17) is 0 Å². The van der Waals surface area contributed by atoms with Crippen molar-refractivity contribution in [3.8, 4) is 0 Å². The van der Waals surface area contributed by atoms with Crippen molar-refractivity contribution in [1.82, 2.24) is 10.2 Å². The van der Waals surface area contributed by atoms with Crippen molar-refractivity contribution >= 4 is 39.7 Å². The highest BCUT2D eigenvalue weighted by Gasteiger charge is 2.42. The number of benzene rings is 1. The summed E-state index contributed by atoms with van der Waals surface area (Å²) in [6, 6.07) is 5.68. The van der Waals surface area contributed by atoms with Gasteiger partial charge < -0.3 is 4.74 Å². The first kappa shape index (κ1) is 15.2. The van der Waals surface area contributed by atoms with Crippen molar-refractivity contribution in [2.75, 3.05) is 13.7 Å². The molecule has 0 bridgehead atoms. The van der Waals surface area contributed by atoms with Crippen LogP contribution in [0.15, 0.2) is 28.7 Å². The van der Waals surface area contributed by atoms with Crippen LogP contribution >= 0.6 is 15.9 Å². The van der Waals surface area contributed by atoms with Crippen LogP contribution in [0.4, 0.5) is 4.79 Å². The molecule has 1 aromatic rings. The fourth-order valence-corrected chi connectivity index (χ4v) is 2.35. The van der Waals surface area contributed by atoms with Gasteiger partial charge in [-0.2, -0.15) is 0 Å². The van der Waals surface area contributed by atoms with E-state index in [0.717, 1.165) is 7.11 Å². The van der Waals surface area contributed by atoms with E-state index in [1.165, 1.54) is 0 Å². The number of methoxy groups -OCH3 is 1. The lowest BCUT2D eigenvalue weighted by Gasteiger charge is -2.29. The van der Waals surface area contributed by atoms with E-state index in [9.17, 15) is 19.2 Å². The van der Waals surface area contributed by atoms with Gasteiger partial charge in [0.1, 0.15) is 12.5 Å². The number of halogens is 1. The van der Waals surface area contributed by atoms with Gasteiger partial charge in [0.2, 0.25) is 11.8 Å². The Bertz CT molecular complexity index is 631. The van der Waals surface area contributed by atoms with Crippen molar-refractivity contribution in [3.63, 3.8) is 0 Å². The van der Waals surface area contributed by atoms with Crippen molar-refractivity contribution < 1.29 is 23.9 Å². The number of carbonyl (C=O) groups excluding carboxylic acids is 4. The van der Waals surface area contributed by atoms with E-state index in [1.54, 1.807) is 24.3 Å². The highest BCUT2D eigenvalue weighted by molar-refractivity contribution is 9.10. The maximum absolute atomic E-state index is 12.3. The number of hydrogen-bond donors (Lipinski definition) is 1. The highest BCUT2D eigenvalue weighted by Crippen LogP contribution is 2.25. The molecule has 1 saturated heterocycles. The van der Waals surface area contributed by atoms with E-state index in [-0.39, 0.29) is 0 Å². The first-order chi connectivity index (χ1) is 9.93. The lowest BCUT2D eigenvalue weighted by atomic mass is 9.95. The van der Waals surface area contributed by atoms with E-state index in [1.807, 2.05) is 0 Å². The molecule has 1 aliphatic rings. The zero-order valence-corrected chi connectivity index (χ0v) is 12.5. The number of hydrogen-bond acceptors (Lipinski definition) is 5. The van der Waals surface area contributed by atoms with Crippen molar-refractivity contribution in [1.29, 1.82) is 0 Å². The number of nitrogens with zero attached hydrogens (tertiary/aromatic N) is 1. The van der Waals surface area contributed by atoms with Crippen LogP contribution in [0.25, 0.3) is 0 Å². The van der Waals surface area contributed by atoms with Crippen LogP contribution < -0.4 is 5.32 Å². The van der Waals surface area contributed by atoms with E-state index < -0.39 is 36.3 Å². The summed E-state index contributed by atoms with van der Waals surface area (Å²) < 4.78 is 5.12. The molecule has 21 heavy (non-hydrogen) atoms. The summed E-state index contributed by atoms with van der Waals surface area (Å²) in [6.45, 7) is -0.543. The summed E-state index contributed by atoms with van der Waals surface area (Å²) in [5.41, 5.74) is 0.425. The Morgan fingerprint density at radius 1 is 1.38 bits per heavy atom. The molecule has 1 unspecified atom stereocenters. The van der Waals surface area contributed by atoms with E-state index in [2.05, 4.69) is 26.0 Å². The number of carbonyl (C=O) groups is 4. The molecular formula is C13H11BrN2O5. The number of ether oxygens (including phenoxy) is 1. The third kappa shape index (κ3) is 3.10. The maximum Gasteiger partial charge on any atom is 0.331 e. The van der Waals surface area contributed by atoms with Gasteiger partial charge >= 0.3 is 12.0 Å². The standard InChI is InChI=1S/C13H11BrN2O5/c1-21-9(17)6-16-12(19)10(11(18)15-13(16)20)7-3-2-4-8(14)5-7/h2-5,10H,6H2,1H3,(H,15,18,20). The van der Waals surface area contributed by atoms with Crippen LogP contribution in [0, 0.1) is 0 Å². The predicted octanol–water partition coefficient (Wildman–Crippen LogP) is 0.784. The van der Waals surface area contributed by atoms with Gasteiger partial charge in [0.15, 0.2) is 0 Å². The SMILES string of the molecule is COC(=O)CN1C(=O)NC(=O)C(c2cccc(Br)c2)C1=O. The zero-order valence-electron chi connectivity index (χ0n) is 11.0. The maximum atomic E-state index is 12.3. The number of esters is 1. The molecule has 4 amide bonds. The van der Waals surface area contributed by atoms with Crippen molar-refractivity contribution in [3.05, 3.63) is 34.3 Å². The van der Waals surface area contributed by atoms with Crippen LogP contribution in [-0.2, 0) is 19.1 Å². The molecule has 110 valence electrons. The third-order valence-corrected chi connectivity index (χ3v) is 3.44. The molecule has 0 saturated carbocycles. The molecular weight excluding hydrogens is 344 g/mol. The predicted molar refractivity (Wildman–Crippen MR) is 74.2 cm³/mol. The summed E-state index contributed by atoms with van der Waals surface area (Å²) in [4.78, 5) is 47.8. The fourth-order valence-electron chi connectivity index (χ4n) is 1.94. The molecule has 1 aromatic carbocycles. The molecule has 2 rings (SSSR count). The summed E-state index contributed by atoms with van der Waals surface area (Å²) >= 11 is 3.25. The second-order valence-electron chi connectivity index (χ2n) is 4.28. The van der Waals surface area contributed by atoms with Crippen LogP contribution in [-0.4, -0.2) is 42.4 Å². The van der Waals surface area contributed by atoms with Gasteiger partial charge in [-0.05, 0) is 17.7 Å². The van der Waals surface area contributed by atoms with Crippen molar-refractivity contribution in [2.45, 2.75) is 5.92 Å². The van der Waals surface area contributed by atoms with Crippen LogP contribution in [0.5, 0.6) is 0 Å². The van der Waals surface area contributed by atoms with Gasteiger partial charge in [-0.15, -0.1) is 0 Å². The Morgan fingerprint density at radius 2 is 2.10 bits per heavy atom. The second kappa shape index (κ2) is 6.04.